The molecule has 0 radical (unpaired) electrons. The number of rotatable bonds is 7. The van der Waals surface area contributed by atoms with Crippen molar-refractivity contribution in [1.82, 2.24) is 20.1 Å². The van der Waals surface area contributed by atoms with Crippen LogP contribution in [0.2, 0.25) is 5.02 Å². The molecule has 2 heterocycles. The lowest BCUT2D eigenvalue weighted by Gasteiger charge is -2.16. The summed E-state index contributed by atoms with van der Waals surface area (Å²) in [4.78, 5) is 17.2. The molecule has 6 nitrogen and oxygen atoms in total. The molecular weight excluding hydrogens is 388 g/mol. The molecule has 0 aliphatic heterocycles. The Morgan fingerprint density at radius 2 is 2.03 bits per heavy atom. The summed E-state index contributed by atoms with van der Waals surface area (Å²) in [7, 11) is 3.46. The first-order valence-electron chi connectivity index (χ1n) is 9.71. The minimum absolute atomic E-state index is 0.00335. The summed E-state index contributed by atoms with van der Waals surface area (Å²) in [5, 5.41) is 9.08. The Hall–Kier alpha value is -2.60. The molecule has 7 heteroatoms. The van der Waals surface area contributed by atoms with E-state index in [-0.39, 0.29) is 11.9 Å². The fourth-order valence-corrected chi connectivity index (χ4v) is 3.95. The number of benzene rings is 1. The number of pyridine rings is 1. The minimum Gasteiger partial charge on any atom is -0.479 e. The molecule has 0 fully saturated rings. The predicted octanol–water partition coefficient (Wildman–Crippen LogP) is 3.93. The molecular formula is C22H27ClN4O2. The van der Waals surface area contributed by atoms with Gasteiger partial charge in [0.25, 0.3) is 0 Å². The van der Waals surface area contributed by atoms with Gasteiger partial charge in [-0.15, -0.1) is 5.10 Å². The van der Waals surface area contributed by atoms with E-state index in [1.807, 2.05) is 52.1 Å². The maximum atomic E-state index is 12.5. The first-order valence-corrected chi connectivity index (χ1v) is 10.1. The van der Waals surface area contributed by atoms with Crippen LogP contribution in [0.1, 0.15) is 35.7 Å². The highest BCUT2D eigenvalue weighted by atomic mass is 35.5. The number of amides is 1. The number of hydrogen-bond donors (Lipinski definition) is 1. The van der Waals surface area contributed by atoms with Crippen molar-refractivity contribution >= 4 is 28.5 Å². The van der Waals surface area contributed by atoms with Crippen LogP contribution < -0.4 is 10.1 Å². The highest BCUT2D eigenvalue weighted by Gasteiger charge is 2.19. The molecule has 0 spiro atoms. The first-order chi connectivity index (χ1) is 13.8. The normalized spacial score (nSPS) is 12.2. The van der Waals surface area contributed by atoms with Crippen molar-refractivity contribution in [3.05, 3.63) is 51.7 Å². The molecule has 29 heavy (non-hydrogen) atoms. The molecule has 0 unspecified atom stereocenters. The van der Waals surface area contributed by atoms with E-state index in [9.17, 15) is 4.79 Å². The van der Waals surface area contributed by atoms with Gasteiger partial charge in [-0.25, -0.2) is 9.67 Å². The van der Waals surface area contributed by atoms with Crippen molar-refractivity contribution < 1.29 is 9.53 Å². The van der Waals surface area contributed by atoms with E-state index in [1.54, 1.807) is 11.8 Å². The Bertz CT molecular complexity index is 1040. The highest BCUT2D eigenvalue weighted by Crippen LogP contribution is 2.30. The molecule has 3 rings (SSSR count). The average Bonchev–Trinajstić information content (AvgIpc) is 2.99. The summed E-state index contributed by atoms with van der Waals surface area (Å²) in [5.41, 5.74) is 4.87. The van der Waals surface area contributed by atoms with Crippen LogP contribution in [-0.4, -0.2) is 33.8 Å². The van der Waals surface area contributed by atoms with Crippen LogP contribution in [-0.2, 0) is 24.7 Å². The van der Waals surface area contributed by atoms with Gasteiger partial charge in [0.05, 0.1) is 12.5 Å². The second-order valence-corrected chi connectivity index (χ2v) is 7.80. The molecule has 1 aromatic carbocycles. The van der Waals surface area contributed by atoms with Crippen molar-refractivity contribution in [2.24, 2.45) is 7.05 Å². The number of nitrogens with one attached hydrogen (secondary N) is 1. The molecule has 0 saturated carbocycles. The largest absolute Gasteiger partial charge is 0.479 e. The van der Waals surface area contributed by atoms with Crippen LogP contribution in [0.15, 0.2) is 24.3 Å². The van der Waals surface area contributed by atoms with Gasteiger partial charge in [-0.3, -0.25) is 4.79 Å². The number of methoxy groups -OCH3 is 1. The zero-order valence-corrected chi connectivity index (χ0v) is 18.3. The van der Waals surface area contributed by atoms with Crippen molar-refractivity contribution in [3.8, 4) is 5.88 Å². The molecule has 2 aromatic heterocycles. The topological polar surface area (TPSA) is 69.0 Å². The van der Waals surface area contributed by atoms with E-state index in [1.165, 1.54) is 0 Å². The zero-order valence-electron chi connectivity index (χ0n) is 17.5. The van der Waals surface area contributed by atoms with E-state index < -0.39 is 0 Å². The molecule has 1 amide bonds. The fourth-order valence-electron chi connectivity index (χ4n) is 3.74. The second-order valence-electron chi connectivity index (χ2n) is 7.40. The van der Waals surface area contributed by atoms with E-state index in [0.717, 1.165) is 38.4 Å². The van der Waals surface area contributed by atoms with Crippen LogP contribution in [0.4, 0.5) is 0 Å². The third-order valence-electron chi connectivity index (χ3n) is 5.21. The van der Waals surface area contributed by atoms with Crippen LogP contribution in [0.5, 0.6) is 5.88 Å². The fraction of sp³-hybridized carbons (Fsp3) is 0.409. The molecule has 0 bridgehead atoms. The Morgan fingerprint density at radius 1 is 1.31 bits per heavy atom. The second kappa shape index (κ2) is 8.82. The molecule has 1 N–H and O–H groups in total. The van der Waals surface area contributed by atoms with Gasteiger partial charge in [-0.05, 0) is 56.4 Å². The summed E-state index contributed by atoms with van der Waals surface area (Å²) >= 11 is 6.22. The number of fused-ring (bicyclic) bond motifs is 1. The van der Waals surface area contributed by atoms with E-state index >= 15 is 0 Å². The third-order valence-corrected chi connectivity index (χ3v) is 5.58. The van der Waals surface area contributed by atoms with Gasteiger partial charge >= 0.3 is 0 Å². The van der Waals surface area contributed by atoms with Crippen LogP contribution in [0, 0.1) is 13.8 Å². The van der Waals surface area contributed by atoms with Gasteiger partial charge in [0.15, 0.2) is 5.65 Å². The minimum atomic E-state index is 0.00335. The SMILES string of the molecule is COc1nn(C)c2nc(C)c(CCC(=O)N[C@@H](C)Cc3ccccc3Cl)c(C)c12. The van der Waals surface area contributed by atoms with E-state index in [4.69, 9.17) is 16.3 Å². The number of halogens is 1. The van der Waals surface area contributed by atoms with Crippen LogP contribution in [0.3, 0.4) is 0 Å². The average molecular weight is 415 g/mol. The van der Waals surface area contributed by atoms with Gasteiger partial charge in [0.1, 0.15) is 0 Å². The molecule has 0 aliphatic carbocycles. The predicted molar refractivity (Wildman–Crippen MR) is 116 cm³/mol. The summed E-state index contributed by atoms with van der Waals surface area (Å²) in [6.45, 7) is 6.00. The number of ether oxygens (including phenoxy) is 1. The maximum absolute atomic E-state index is 12.5. The molecule has 0 saturated heterocycles. The van der Waals surface area contributed by atoms with Crippen LogP contribution >= 0.6 is 11.6 Å². The van der Waals surface area contributed by atoms with Gasteiger partial charge in [0.2, 0.25) is 11.8 Å². The molecule has 3 aromatic rings. The van der Waals surface area contributed by atoms with Gasteiger partial charge in [-0.1, -0.05) is 29.8 Å². The first kappa shape index (κ1) is 21.1. The Labute approximate surface area is 176 Å². The number of aromatic nitrogens is 3. The number of carbonyl (C=O) groups excluding carboxylic acids is 1. The van der Waals surface area contributed by atoms with Gasteiger partial charge in [0, 0.05) is 30.2 Å². The summed E-state index contributed by atoms with van der Waals surface area (Å²) in [6.07, 6.45) is 1.71. The Morgan fingerprint density at radius 3 is 2.72 bits per heavy atom. The van der Waals surface area contributed by atoms with Crippen molar-refractivity contribution in [2.75, 3.05) is 7.11 Å². The van der Waals surface area contributed by atoms with Crippen LogP contribution in [0.25, 0.3) is 11.0 Å². The quantitative estimate of drug-likeness (QED) is 0.636. The number of carbonyl (C=O) groups is 1. The number of hydrogen-bond acceptors (Lipinski definition) is 4. The standard InChI is InChI=1S/C22H27ClN4O2/c1-13(12-16-8-6-7-9-18(16)23)24-19(28)11-10-17-14(2)20-21(25-15(17)3)27(4)26-22(20)29-5/h6-9,13H,10-12H2,1-5H3,(H,24,28)/t13-/m0/s1. The molecule has 1 atom stereocenters. The third kappa shape index (κ3) is 4.53. The lowest BCUT2D eigenvalue weighted by atomic mass is 10.00. The summed E-state index contributed by atoms with van der Waals surface area (Å²) in [5.74, 6) is 0.577. The lowest BCUT2D eigenvalue weighted by molar-refractivity contribution is -0.121. The van der Waals surface area contributed by atoms with Gasteiger partial charge < -0.3 is 10.1 Å². The van der Waals surface area contributed by atoms with Crippen molar-refractivity contribution in [2.45, 2.75) is 46.1 Å². The maximum Gasteiger partial charge on any atom is 0.242 e. The lowest BCUT2D eigenvalue weighted by Crippen LogP contribution is -2.34. The number of aryl methyl sites for hydroxylation is 3. The Kier molecular flexibility index (Phi) is 6.42. The summed E-state index contributed by atoms with van der Waals surface area (Å²) < 4.78 is 7.13. The van der Waals surface area contributed by atoms with Crippen molar-refractivity contribution in [3.63, 3.8) is 0 Å². The monoisotopic (exact) mass is 414 g/mol. The van der Waals surface area contributed by atoms with Gasteiger partial charge in [-0.2, -0.15) is 0 Å². The smallest absolute Gasteiger partial charge is 0.242 e. The van der Waals surface area contributed by atoms with E-state index in [2.05, 4.69) is 15.4 Å². The highest BCUT2D eigenvalue weighted by molar-refractivity contribution is 6.31. The molecule has 0 aliphatic rings. The van der Waals surface area contributed by atoms with E-state index in [0.29, 0.717) is 25.1 Å². The zero-order chi connectivity index (χ0) is 21.1. The summed E-state index contributed by atoms with van der Waals surface area (Å²) in [6, 6.07) is 7.72. The Balaban J connectivity index is 1.68. The molecule has 154 valence electrons. The number of nitrogens with zero attached hydrogens (tertiary/aromatic N) is 3. The van der Waals surface area contributed by atoms with Crippen molar-refractivity contribution in [1.29, 1.82) is 0 Å².